The molecule has 1 aromatic rings. The minimum atomic E-state index is 0.553. The number of halogens is 1. The van der Waals surface area contributed by atoms with Crippen molar-refractivity contribution in [1.29, 1.82) is 0 Å². The van der Waals surface area contributed by atoms with Crippen molar-refractivity contribution in [2.45, 2.75) is 13.5 Å². The molecule has 3 heteroatoms. The Kier molecular flexibility index (Phi) is 5.29. The van der Waals surface area contributed by atoms with Crippen LogP contribution in [0.15, 0.2) is 28.7 Å². The number of rotatable bonds is 5. The SMILES string of the molecule is CC(CN)CN(C)Cc1ccccc1Br. The molecule has 1 unspecified atom stereocenters. The molecule has 0 radical (unpaired) electrons. The Morgan fingerprint density at radius 1 is 1.40 bits per heavy atom. The van der Waals surface area contributed by atoms with Crippen LogP contribution < -0.4 is 5.73 Å². The van der Waals surface area contributed by atoms with E-state index in [1.807, 2.05) is 6.07 Å². The molecule has 2 nitrogen and oxygen atoms in total. The van der Waals surface area contributed by atoms with Crippen LogP contribution in [0.5, 0.6) is 0 Å². The quantitative estimate of drug-likeness (QED) is 0.891. The zero-order valence-corrected chi connectivity index (χ0v) is 11.0. The van der Waals surface area contributed by atoms with Crippen molar-refractivity contribution in [3.05, 3.63) is 34.3 Å². The molecule has 0 aliphatic rings. The van der Waals surface area contributed by atoms with Crippen LogP contribution in [-0.2, 0) is 6.54 Å². The third kappa shape index (κ3) is 4.33. The smallest absolute Gasteiger partial charge is 0.0242 e. The first kappa shape index (κ1) is 12.7. The summed E-state index contributed by atoms with van der Waals surface area (Å²) >= 11 is 3.56. The standard InChI is InChI=1S/C12H19BrN2/c1-10(7-14)8-15(2)9-11-5-3-4-6-12(11)13/h3-6,10H,7-9,14H2,1-2H3. The van der Waals surface area contributed by atoms with Gasteiger partial charge in [0, 0.05) is 17.6 Å². The van der Waals surface area contributed by atoms with Gasteiger partial charge in [0.15, 0.2) is 0 Å². The Hall–Kier alpha value is -0.380. The molecular formula is C12H19BrN2. The lowest BCUT2D eigenvalue weighted by atomic mass is 10.1. The molecule has 1 aromatic carbocycles. The Morgan fingerprint density at radius 2 is 2.07 bits per heavy atom. The second-order valence-corrected chi connectivity index (χ2v) is 4.98. The van der Waals surface area contributed by atoms with Gasteiger partial charge in [-0.15, -0.1) is 0 Å². The molecule has 0 heterocycles. The van der Waals surface area contributed by atoms with Crippen molar-refractivity contribution in [3.8, 4) is 0 Å². The predicted molar refractivity (Wildman–Crippen MR) is 68.7 cm³/mol. The second kappa shape index (κ2) is 6.26. The molecule has 0 saturated heterocycles. The van der Waals surface area contributed by atoms with Gasteiger partial charge in [0.25, 0.3) is 0 Å². The summed E-state index contributed by atoms with van der Waals surface area (Å²) in [6.07, 6.45) is 0. The zero-order chi connectivity index (χ0) is 11.3. The van der Waals surface area contributed by atoms with Gasteiger partial charge in [-0.25, -0.2) is 0 Å². The van der Waals surface area contributed by atoms with Crippen LogP contribution >= 0.6 is 15.9 Å². The molecule has 0 aliphatic heterocycles. The van der Waals surface area contributed by atoms with Crippen molar-refractivity contribution in [3.63, 3.8) is 0 Å². The Bertz CT molecular complexity index is 301. The fourth-order valence-electron chi connectivity index (χ4n) is 1.59. The minimum Gasteiger partial charge on any atom is -0.330 e. The van der Waals surface area contributed by atoms with Gasteiger partial charge in [-0.1, -0.05) is 41.1 Å². The van der Waals surface area contributed by atoms with Crippen LogP contribution in [0, 0.1) is 5.92 Å². The molecule has 0 spiro atoms. The molecule has 0 bridgehead atoms. The number of hydrogen-bond donors (Lipinski definition) is 1. The summed E-state index contributed by atoms with van der Waals surface area (Å²) in [5.41, 5.74) is 6.93. The third-order valence-electron chi connectivity index (χ3n) is 2.42. The van der Waals surface area contributed by atoms with Crippen LogP contribution in [0.4, 0.5) is 0 Å². The van der Waals surface area contributed by atoms with Gasteiger partial charge < -0.3 is 10.6 Å². The fraction of sp³-hybridized carbons (Fsp3) is 0.500. The van der Waals surface area contributed by atoms with Crippen LogP contribution in [0.2, 0.25) is 0 Å². The molecule has 15 heavy (non-hydrogen) atoms. The van der Waals surface area contributed by atoms with Gasteiger partial charge in [-0.3, -0.25) is 0 Å². The van der Waals surface area contributed by atoms with E-state index in [4.69, 9.17) is 5.73 Å². The molecule has 0 fully saturated rings. The van der Waals surface area contributed by atoms with Crippen molar-refractivity contribution < 1.29 is 0 Å². The molecule has 0 amide bonds. The van der Waals surface area contributed by atoms with Gasteiger partial charge >= 0.3 is 0 Å². The zero-order valence-electron chi connectivity index (χ0n) is 9.41. The van der Waals surface area contributed by atoms with Crippen LogP contribution in [0.3, 0.4) is 0 Å². The van der Waals surface area contributed by atoms with Crippen molar-refractivity contribution >= 4 is 15.9 Å². The van der Waals surface area contributed by atoms with E-state index in [1.165, 1.54) is 10.0 Å². The lowest BCUT2D eigenvalue weighted by molar-refractivity contribution is 0.281. The maximum atomic E-state index is 5.61. The molecule has 0 saturated carbocycles. The normalized spacial score (nSPS) is 13.1. The molecule has 84 valence electrons. The summed E-state index contributed by atoms with van der Waals surface area (Å²) in [7, 11) is 2.13. The first-order valence-corrected chi connectivity index (χ1v) is 6.04. The summed E-state index contributed by atoms with van der Waals surface area (Å²) in [5.74, 6) is 0.553. The van der Waals surface area contributed by atoms with Crippen molar-refractivity contribution in [2.75, 3.05) is 20.1 Å². The summed E-state index contributed by atoms with van der Waals surface area (Å²) in [6.45, 7) is 4.93. The van der Waals surface area contributed by atoms with E-state index < -0.39 is 0 Å². The highest BCUT2D eigenvalue weighted by atomic mass is 79.9. The van der Waals surface area contributed by atoms with Gasteiger partial charge in [-0.2, -0.15) is 0 Å². The van der Waals surface area contributed by atoms with Crippen LogP contribution in [0.25, 0.3) is 0 Å². The average molecular weight is 271 g/mol. The first-order chi connectivity index (χ1) is 7.13. The van der Waals surface area contributed by atoms with E-state index in [0.29, 0.717) is 5.92 Å². The van der Waals surface area contributed by atoms with Gasteiger partial charge in [0.2, 0.25) is 0 Å². The first-order valence-electron chi connectivity index (χ1n) is 5.25. The number of benzene rings is 1. The summed E-state index contributed by atoms with van der Waals surface area (Å²) in [6, 6.07) is 8.33. The maximum absolute atomic E-state index is 5.61. The van der Waals surface area contributed by atoms with E-state index in [2.05, 4.69) is 53.0 Å². The highest BCUT2D eigenvalue weighted by molar-refractivity contribution is 9.10. The monoisotopic (exact) mass is 270 g/mol. The van der Waals surface area contributed by atoms with Crippen LogP contribution in [0.1, 0.15) is 12.5 Å². The molecule has 0 aromatic heterocycles. The minimum absolute atomic E-state index is 0.553. The fourth-order valence-corrected chi connectivity index (χ4v) is 2.00. The van der Waals surface area contributed by atoms with E-state index in [0.717, 1.165) is 19.6 Å². The Balaban J connectivity index is 2.51. The maximum Gasteiger partial charge on any atom is 0.0242 e. The van der Waals surface area contributed by atoms with E-state index in [-0.39, 0.29) is 0 Å². The highest BCUT2D eigenvalue weighted by Crippen LogP contribution is 2.17. The second-order valence-electron chi connectivity index (χ2n) is 4.13. The molecular weight excluding hydrogens is 252 g/mol. The Labute approximate surface area is 101 Å². The van der Waals surface area contributed by atoms with Crippen molar-refractivity contribution in [1.82, 2.24) is 4.90 Å². The molecule has 1 rings (SSSR count). The molecule has 0 aliphatic carbocycles. The number of hydrogen-bond acceptors (Lipinski definition) is 2. The summed E-state index contributed by atoms with van der Waals surface area (Å²) < 4.78 is 1.18. The van der Waals surface area contributed by atoms with E-state index in [9.17, 15) is 0 Å². The Morgan fingerprint density at radius 3 is 2.67 bits per heavy atom. The summed E-state index contributed by atoms with van der Waals surface area (Å²) in [4.78, 5) is 2.30. The molecule has 2 N–H and O–H groups in total. The number of nitrogens with zero attached hydrogens (tertiary/aromatic N) is 1. The number of nitrogens with two attached hydrogens (primary N) is 1. The van der Waals surface area contributed by atoms with Crippen LogP contribution in [-0.4, -0.2) is 25.0 Å². The predicted octanol–water partition coefficient (Wildman–Crippen LogP) is 2.48. The lowest BCUT2D eigenvalue weighted by Gasteiger charge is -2.20. The lowest BCUT2D eigenvalue weighted by Crippen LogP contribution is -2.28. The van der Waals surface area contributed by atoms with E-state index >= 15 is 0 Å². The van der Waals surface area contributed by atoms with Gasteiger partial charge in [0.05, 0.1) is 0 Å². The average Bonchev–Trinajstić information content (AvgIpc) is 2.21. The van der Waals surface area contributed by atoms with Gasteiger partial charge in [0.1, 0.15) is 0 Å². The van der Waals surface area contributed by atoms with Crippen molar-refractivity contribution in [2.24, 2.45) is 11.7 Å². The largest absolute Gasteiger partial charge is 0.330 e. The molecule has 1 atom stereocenters. The summed E-state index contributed by atoms with van der Waals surface area (Å²) in [5, 5.41) is 0. The van der Waals surface area contributed by atoms with E-state index in [1.54, 1.807) is 0 Å². The third-order valence-corrected chi connectivity index (χ3v) is 3.20. The topological polar surface area (TPSA) is 29.3 Å². The highest BCUT2D eigenvalue weighted by Gasteiger charge is 2.06. The van der Waals surface area contributed by atoms with Gasteiger partial charge in [-0.05, 0) is 31.1 Å².